The first-order valence-electron chi connectivity index (χ1n) is 9.50. The Morgan fingerprint density at radius 1 is 0.960 bits per heavy atom. The summed E-state index contributed by atoms with van der Waals surface area (Å²) in [5.41, 5.74) is 2.08. The van der Waals surface area contributed by atoms with E-state index < -0.39 is 0 Å². The molecule has 25 heavy (non-hydrogen) atoms. The molecule has 2 saturated heterocycles. The molecule has 2 aliphatic rings. The van der Waals surface area contributed by atoms with E-state index in [4.69, 9.17) is 0 Å². The number of likely N-dealkylation sites (tertiary alicyclic amines) is 1. The smallest absolute Gasteiger partial charge is 0.176 e. The molecule has 2 fully saturated rings. The SMILES string of the molecule is Cc1cc(C)n(-c2ccc(N3CCC(N4CCCC4C)CC3)nn2)n1. The van der Waals surface area contributed by atoms with Crippen LogP contribution in [0.2, 0.25) is 0 Å². The molecule has 134 valence electrons. The maximum absolute atomic E-state index is 4.48. The largest absolute Gasteiger partial charge is 0.355 e. The molecule has 0 bridgehead atoms. The molecule has 2 aromatic heterocycles. The predicted octanol–water partition coefficient (Wildman–Crippen LogP) is 2.73. The minimum Gasteiger partial charge on any atom is -0.355 e. The van der Waals surface area contributed by atoms with Gasteiger partial charge in [-0.05, 0) is 71.2 Å². The lowest BCUT2D eigenvalue weighted by Crippen LogP contribution is -2.46. The van der Waals surface area contributed by atoms with Gasteiger partial charge in [0.1, 0.15) is 0 Å². The molecule has 4 heterocycles. The number of hydrogen-bond donors (Lipinski definition) is 0. The van der Waals surface area contributed by atoms with Crippen molar-refractivity contribution < 1.29 is 0 Å². The van der Waals surface area contributed by atoms with Crippen LogP contribution < -0.4 is 4.90 Å². The summed E-state index contributed by atoms with van der Waals surface area (Å²) in [7, 11) is 0. The Kier molecular flexibility index (Phi) is 4.46. The van der Waals surface area contributed by atoms with E-state index in [0.717, 1.165) is 48.2 Å². The highest BCUT2D eigenvalue weighted by molar-refractivity contribution is 5.40. The van der Waals surface area contributed by atoms with Gasteiger partial charge in [0, 0.05) is 30.9 Å². The van der Waals surface area contributed by atoms with Crippen LogP contribution in [0.25, 0.3) is 5.82 Å². The van der Waals surface area contributed by atoms with E-state index in [9.17, 15) is 0 Å². The van der Waals surface area contributed by atoms with Crippen molar-refractivity contribution >= 4 is 5.82 Å². The van der Waals surface area contributed by atoms with Gasteiger partial charge in [-0.25, -0.2) is 4.68 Å². The van der Waals surface area contributed by atoms with Crippen molar-refractivity contribution in [3.8, 4) is 5.82 Å². The lowest BCUT2D eigenvalue weighted by atomic mass is 10.0. The number of aromatic nitrogens is 4. The van der Waals surface area contributed by atoms with Crippen molar-refractivity contribution in [3.05, 3.63) is 29.6 Å². The minimum absolute atomic E-state index is 0.746. The molecule has 0 amide bonds. The first kappa shape index (κ1) is 16.5. The Hall–Kier alpha value is -1.95. The Labute approximate surface area is 149 Å². The van der Waals surface area contributed by atoms with Crippen molar-refractivity contribution in [3.63, 3.8) is 0 Å². The second kappa shape index (κ2) is 6.75. The van der Waals surface area contributed by atoms with Gasteiger partial charge in [0.2, 0.25) is 0 Å². The average molecular weight is 340 g/mol. The van der Waals surface area contributed by atoms with Crippen LogP contribution >= 0.6 is 0 Å². The first-order valence-corrected chi connectivity index (χ1v) is 9.50. The second-order valence-electron chi connectivity index (χ2n) is 7.54. The van der Waals surface area contributed by atoms with Crippen molar-refractivity contribution in [2.75, 3.05) is 24.5 Å². The fourth-order valence-corrected chi connectivity index (χ4v) is 4.39. The van der Waals surface area contributed by atoms with E-state index in [1.54, 1.807) is 0 Å². The maximum atomic E-state index is 4.48. The third-order valence-corrected chi connectivity index (χ3v) is 5.72. The fraction of sp³-hybridized carbons (Fsp3) is 0.632. The van der Waals surface area contributed by atoms with Crippen molar-refractivity contribution in [2.45, 2.75) is 58.5 Å². The van der Waals surface area contributed by atoms with Crippen LogP contribution in [-0.2, 0) is 0 Å². The average Bonchev–Trinajstić information content (AvgIpc) is 3.20. The number of anilines is 1. The van der Waals surface area contributed by atoms with Crippen molar-refractivity contribution in [2.24, 2.45) is 0 Å². The summed E-state index contributed by atoms with van der Waals surface area (Å²) in [5, 5.41) is 13.4. The van der Waals surface area contributed by atoms with E-state index in [1.165, 1.54) is 32.2 Å². The molecule has 0 saturated carbocycles. The molecule has 6 nitrogen and oxygen atoms in total. The van der Waals surface area contributed by atoms with Crippen LogP contribution in [0.5, 0.6) is 0 Å². The van der Waals surface area contributed by atoms with E-state index >= 15 is 0 Å². The van der Waals surface area contributed by atoms with Crippen molar-refractivity contribution in [1.29, 1.82) is 0 Å². The summed E-state index contributed by atoms with van der Waals surface area (Å²) in [6.45, 7) is 9.84. The van der Waals surface area contributed by atoms with Crippen LogP contribution in [-0.4, -0.2) is 56.6 Å². The Morgan fingerprint density at radius 3 is 2.24 bits per heavy atom. The summed E-state index contributed by atoms with van der Waals surface area (Å²) in [6.07, 6.45) is 5.18. The lowest BCUT2D eigenvalue weighted by molar-refractivity contribution is 0.163. The number of hydrogen-bond acceptors (Lipinski definition) is 5. The van der Waals surface area contributed by atoms with Crippen LogP contribution in [0.15, 0.2) is 18.2 Å². The van der Waals surface area contributed by atoms with Crippen LogP contribution in [0.1, 0.15) is 44.0 Å². The minimum atomic E-state index is 0.746. The highest BCUT2D eigenvalue weighted by Crippen LogP contribution is 2.27. The molecular formula is C19H28N6. The summed E-state index contributed by atoms with van der Waals surface area (Å²) < 4.78 is 1.85. The molecular weight excluding hydrogens is 312 g/mol. The third-order valence-electron chi connectivity index (χ3n) is 5.72. The van der Waals surface area contributed by atoms with Gasteiger partial charge in [0.15, 0.2) is 11.6 Å². The zero-order chi connectivity index (χ0) is 17.4. The highest BCUT2D eigenvalue weighted by atomic mass is 15.4. The van der Waals surface area contributed by atoms with Gasteiger partial charge in [0.25, 0.3) is 0 Å². The zero-order valence-corrected chi connectivity index (χ0v) is 15.5. The van der Waals surface area contributed by atoms with E-state index in [2.05, 4.69) is 44.2 Å². The predicted molar refractivity (Wildman–Crippen MR) is 99.3 cm³/mol. The summed E-state index contributed by atoms with van der Waals surface area (Å²) >= 11 is 0. The highest BCUT2D eigenvalue weighted by Gasteiger charge is 2.30. The van der Waals surface area contributed by atoms with Gasteiger partial charge in [-0.15, -0.1) is 10.2 Å². The number of piperidine rings is 1. The molecule has 2 aliphatic heterocycles. The van der Waals surface area contributed by atoms with Gasteiger partial charge in [-0.1, -0.05) is 0 Å². The standard InChI is InChI=1S/C19H28N6/c1-14-13-16(3)25(22-14)19-7-6-18(20-21-19)23-11-8-17(9-12-23)24-10-4-5-15(24)2/h6-7,13,15,17H,4-5,8-12H2,1-3H3. The molecule has 1 atom stereocenters. The van der Waals surface area contributed by atoms with Gasteiger partial charge in [-0.2, -0.15) is 5.10 Å². The Balaban J connectivity index is 1.41. The third kappa shape index (κ3) is 3.27. The molecule has 0 aromatic carbocycles. The van der Waals surface area contributed by atoms with Gasteiger partial charge in [-0.3, -0.25) is 4.90 Å². The quantitative estimate of drug-likeness (QED) is 0.860. The Morgan fingerprint density at radius 2 is 1.68 bits per heavy atom. The fourth-order valence-electron chi connectivity index (χ4n) is 4.39. The molecule has 0 aliphatic carbocycles. The van der Waals surface area contributed by atoms with E-state index in [-0.39, 0.29) is 0 Å². The molecule has 4 rings (SSSR count). The molecule has 1 unspecified atom stereocenters. The van der Waals surface area contributed by atoms with Crippen LogP contribution in [0.3, 0.4) is 0 Å². The lowest BCUT2D eigenvalue weighted by Gasteiger charge is -2.38. The number of nitrogens with zero attached hydrogens (tertiary/aromatic N) is 6. The maximum Gasteiger partial charge on any atom is 0.176 e. The molecule has 0 N–H and O–H groups in total. The van der Waals surface area contributed by atoms with Crippen LogP contribution in [0.4, 0.5) is 5.82 Å². The topological polar surface area (TPSA) is 50.1 Å². The summed E-state index contributed by atoms with van der Waals surface area (Å²) in [6, 6.07) is 7.67. The van der Waals surface area contributed by atoms with Crippen molar-refractivity contribution in [1.82, 2.24) is 24.9 Å². The second-order valence-corrected chi connectivity index (χ2v) is 7.54. The molecule has 0 radical (unpaired) electrons. The summed E-state index contributed by atoms with van der Waals surface area (Å²) in [4.78, 5) is 5.09. The van der Waals surface area contributed by atoms with Gasteiger partial charge < -0.3 is 4.90 Å². The van der Waals surface area contributed by atoms with E-state index in [0.29, 0.717) is 0 Å². The summed E-state index contributed by atoms with van der Waals surface area (Å²) in [5.74, 6) is 1.77. The zero-order valence-electron chi connectivity index (χ0n) is 15.5. The first-order chi connectivity index (χ1) is 12.1. The van der Waals surface area contributed by atoms with Gasteiger partial charge >= 0.3 is 0 Å². The van der Waals surface area contributed by atoms with Gasteiger partial charge in [0.05, 0.1) is 5.69 Å². The van der Waals surface area contributed by atoms with Crippen LogP contribution in [0, 0.1) is 13.8 Å². The monoisotopic (exact) mass is 340 g/mol. The number of aryl methyl sites for hydroxylation is 2. The number of rotatable bonds is 3. The van der Waals surface area contributed by atoms with E-state index in [1.807, 2.05) is 24.6 Å². The molecule has 6 heteroatoms. The Bertz CT molecular complexity index is 714. The normalized spacial score (nSPS) is 22.7. The molecule has 0 spiro atoms. The molecule has 2 aromatic rings.